The molecule has 3 nitrogen and oxygen atoms in total. The van der Waals surface area contributed by atoms with Gasteiger partial charge in [0.1, 0.15) is 0 Å². The Morgan fingerprint density at radius 2 is 1.94 bits per heavy atom. The van der Waals surface area contributed by atoms with Crippen LogP contribution in [0.1, 0.15) is 32.3 Å². The Morgan fingerprint density at radius 1 is 1.29 bits per heavy atom. The highest BCUT2D eigenvalue weighted by atomic mass is 16.6. The van der Waals surface area contributed by atoms with E-state index in [1.54, 1.807) is 7.11 Å². The Balaban J connectivity index is 2.37. The van der Waals surface area contributed by atoms with E-state index in [0.29, 0.717) is 13.0 Å². The molecule has 2 atom stereocenters. The summed E-state index contributed by atoms with van der Waals surface area (Å²) in [5.41, 5.74) is 0.734. The van der Waals surface area contributed by atoms with Gasteiger partial charge in [-0.3, -0.25) is 0 Å². The Kier molecular flexibility index (Phi) is 5.62. The number of aliphatic hydroxyl groups excluding tert-OH is 1. The van der Waals surface area contributed by atoms with Crippen LogP contribution in [0.3, 0.4) is 0 Å². The Labute approximate surface area is 103 Å². The Morgan fingerprint density at radius 3 is 2.47 bits per heavy atom. The first kappa shape index (κ1) is 14.2. The van der Waals surface area contributed by atoms with Crippen LogP contribution >= 0.6 is 0 Å². The molecule has 0 spiro atoms. The topological polar surface area (TPSA) is 38.7 Å². The molecular formula is C14H22O3. The van der Waals surface area contributed by atoms with Gasteiger partial charge in [-0.2, -0.15) is 0 Å². The van der Waals surface area contributed by atoms with Crippen LogP contribution in [-0.4, -0.2) is 24.1 Å². The van der Waals surface area contributed by atoms with Gasteiger partial charge >= 0.3 is 0 Å². The van der Waals surface area contributed by atoms with E-state index in [9.17, 15) is 5.11 Å². The number of rotatable bonds is 7. The molecule has 0 aliphatic carbocycles. The molecule has 0 saturated carbocycles. The van der Waals surface area contributed by atoms with Crippen molar-refractivity contribution in [3.05, 3.63) is 35.9 Å². The minimum Gasteiger partial charge on any atom is -0.378 e. The third kappa shape index (κ3) is 4.86. The highest BCUT2D eigenvalue weighted by molar-refractivity contribution is 5.13. The van der Waals surface area contributed by atoms with E-state index in [-0.39, 0.29) is 5.60 Å². The zero-order valence-corrected chi connectivity index (χ0v) is 10.8. The van der Waals surface area contributed by atoms with E-state index in [0.717, 1.165) is 12.0 Å². The van der Waals surface area contributed by atoms with Crippen molar-refractivity contribution in [1.82, 2.24) is 0 Å². The van der Waals surface area contributed by atoms with Crippen LogP contribution in [0.15, 0.2) is 30.3 Å². The van der Waals surface area contributed by atoms with E-state index < -0.39 is 6.29 Å². The molecule has 0 amide bonds. The molecule has 0 aliphatic rings. The standard InChI is InChI=1S/C14H22O3/c1-4-14(2,16-3)10-13(15)17-11-12-8-6-5-7-9-12/h5-9,13,15H,4,10-11H2,1-3H3. The number of hydrogen-bond donors (Lipinski definition) is 1. The maximum atomic E-state index is 9.81. The third-order valence-electron chi connectivity index (χ3n) is 3.13. The fourth-order valence-corrected chi connectivity index (χ4v) is 1.57. The van der Waals surface area contributed by atoms with E-state index in [2.05, 4.69) is 0 Å². The molecule has 0 fully saturated rings. The van der Waals surface area contributed by atoms with Crippen molar-refractivity contribution in [2.45, 2.75) is 45.2 Å². The van der Waals surface area contributed by atoms with Gasteiger partial charge in [-0.15, -0.1) is 0 Å². The highest BCUT2D eigenvalue weighted by Gasteiger charge is 2.25. The molecule has 1 aromatic carbocycles. The molecule has 2 unspecified atom stereocenters. The van der Waals surface area contributed by atoms with Gasteiger partial charge in [-0.1, -0.05) is 37.3 Å². The summed E-state index contributed by atoms with van der Waals surface area (Å²) in [7, 11) is 1.66. The molecule has 0 aromatic heterocycles. The van der Waals surface area contributed by atoms with Crippen LogP contribution in [0.4, 0.5) is 0 Å². The minimum atomic E-state index is -0.792. The summed E-state index contributed by atoms with van der Waals surface area (Å²) in [6.07, 6.45) is 0.530. The molecular weight excluding hydrogens is 216 g/mol. The summed E-state index contributed by atoms with van der Waals surface area (Å²) >= 11 is 0. The van der Waals surface area contributed by atoms with Crippen LogP contribution in [0.25, 0.3) is 0 Å². The number of methoxy groups -OCH3 is 1. The molecule has 17 heavy (non-hydrogen) atoms. The summed E-state index contributed by atoms with van der Waals surface area (Å²) in [6, 6.07) is 9.82. The third-order valence-corrected chi connectivity index (χ3v) is 3.13. The summed E-state index contributed by atoms with van der Waals surface area (Å²) in [5, 5.41) is 9.81. The molecule has 1 aromatic rings. The highest BCUT2D eigenvalue weighted by Crippen LogP contribution is 2.21. The van der Waals surface area contributed by atoms with E-state index in [4.69, 9.17) is 9.47 Å². The Hall–Kier alpha value is -0.900. The second-order valence-electron chi connectivity index (χ2n) is 4.46. The average molecular weight is 238 g/mol. The van der Waals surface area contributed by atoms with Crippen molar-refractivity contribution in [3.8, 4) is 0 Å². The molecule has 0 radical (unpaired) electrons. The lowest BCUT2D eigenvalue weighted by atomic mass is 9.99. The van der Waals surface area contributed by atoms with Crippen LogP contribution in [0, 0.1) is 0 Å². The average Bonchev–Trinajstić information content (AvgIpc) is 2.37. The number of aliphatic hydroxyl groups is 1. The fourth-order valence-electron chi connectivity index (χ4n) is 1.57. The SMILES string of the molecule is CCC(C)(CC(O)OCc1ccccc1)OC. The van der Waals surface area contributed by atoms with Gasteiger partial charge in [-0.25, -0.2) is 0 Å². The first-order chi connectivity index (χ1) is 8.09. The van der Waals surface area contributed by atoms with Crippen molar-refractivity contribution >= 4 is 0 Å². The maximum absolute atomic E-state index is 9.81. The molecule has 96 valence electrons. The van der Waals surface area contributed by atoms with Crippen LogP contribution in [0.5, 0.6) is 0 Å². The van der Waals surface area contributed by atoms with E-state index in [1.165, 1.54) is 0 Å². The Bertz CT molecular complexity index is 307. The molecule has 0 heterocycles. The lowest BCUT2D eigenvalue weighted by Gasteiger charge is -2.28. The van der Waals surface area contributed by atoms with Gasteiger partial charge in [0.15, 0.2) is 6.29 Å². The number of hydrogen-bond acceptors (Lipinski definition) is 3. The molecule has 0 aliphatic heterocycles. The first-order valence-electron chi connectivity index (χ1n) is 5.98. The number of ether oxygens (including phenoxy) is 2. The zero-order chi connectivity index (χ0) is 12.7. The second kappa shape index (κ2) is 6.74. The van der Waals surface area contributed by atoms with E-state index >= 15 is 0 Å². The lowest BCUT2D eigenvalue weighted by Crippen LogP contribution is -2.32. The largest absolute Gasteiger partial charge is 0.378 e. The monoisotopic (exact) mass is 238 g/mol. The van der Waals surface area contributed by atoms with Crippen molar-refractivity contribution in [2.24, 2.45) is 0 Å². The summed E-state index contributed by atoms with van der Waals surface area (Å²) in [4.78, 5) is 0. The molecule has 3 heteroatoms. The van der Waals surface area contributed by atoms with E-state index in [1.807, 2.05) is 44.2 Å². The van der Waals surface area contributed by atoms with Crippen LogP contribution < -0.4 is 0 Å². The number of benzene rings is 1. The minimum absolute atomic E-state index is 0.323. The summed E-state index contributed by atoms with van der Waals surface area (Å²) in [6.45, 7) is 4.43. The fraction of sp³-hybridized carbons (Fsp3) is 0.571. The predicted octanol–water partition coefficient (Wildman–Crippen LogP) is 2.73. The molecule has 0 saturated heterocycles. The zero-order valence-electron chi connectivity index (χ0n) is 10.8. The van der Waals surface area contributed by atoms with Gasteiger partial charge < -0.3 is 14.6 Å². The van der Waals surface area contributed by atoms with Gasteiger partial charge in [-0.05, 0) is 18.9 Å². The van der Waals surface area contributed by atoms with Gasteiger partial charge in [0.25, 0.3) is 0 Å². The maximum Gasteiger partial charge on any atom is 0.157 e. The van der Waals surface area contributed by atoms with Gasteiger partial charge in [0.2, 0.25) is 0 Å². The quantitative estimate of drug-likeness (QED) is 0.742. The van der Waals surface area contributed by atoms with Crippen LogP contribution in [-0.2, 0) is 16.1 Å². The van der Waals surface area contributed by atoms with Crippen LogP contribution in [0.2, 0.25) is 0 Å². The smallest absolute Gasteiger partial charge is 0.157 e. The molecule has 1 rings (SSSR count). The van der Waals surface area contributed by atoms with Gasteiger partial charge in [0.05, 0.1) is 12.2 Å². The van der Waals surface area contributed by atoms with Crippen molar-refractivity contribution in [2.75, 3.05) is 7.11 Å². The lowest BCUT2D eigenvalue weighted by molar-refractivity contribution is -0.151. The second-order valence-corrected chi connectivity index (χ2v) is 4.46. The van der Waals surface area contributed by atoms with Crippen molar-refractivity contribution in [3.63, 3.8) is 0 Å². The normalized spacial score (nSPS) is 16.5. The van der Waals surface area contributed by atoms with Crippen molar-refractivity contribution in [1.29, 1.82) is 0 Å². The first-order valence-corrected chi connectivity index (χ1v) is 5.98. The molecule has 0 bridgehead atoms. The van der Waals surface area contributed by atoms with Crippen molar-refractivity contribution < 1.29 is 14.6 Å². The summed E-state index contributed by atoms with van der Waals surface area (Å²) < 4.78 is 10.8. The predicted molar refractivity (Wildman–Crippen MR) is 67.6 cm³/mol. The van der Waals surface area contributed by atoms with Gasteiger partial charge in [0, 0.05) is 13.5 Å². The molecule has 1 N–H and O–H groups in total. The summed E-state index contributed by atoms with van der Waals surface area (Å²) in [5.74, 6) is 0.